The van der Waals surface area contributed by atoms with Gasteiger partial charge in [-0.3, -0.25) is 4.79 Å². The number of carbonyl (C=O) groups excluding carboxylic acids is 1. The molecular formula is C14H20O. The van der Waals surface area contributed by atoms with Crippen LogP contribution >= 0.6 is 0 Å². The van der Waals surface area contributed by atoms with Crippen molar-refractivity contribution in [3.8, 4) is 0 Å². The second-order valence-electron chi connectivity index (χ2n) is 5.15. The average molecular weight is 204 g/mol. The lowest BCUT2D eigenvalue weighted by atomic mass is 9.87. The smallest absolute Gasteiger partial charge is 0.159 e. The van der Waals surface area contributed by atoms with Gasteiger partial charge in [0.1, 0.15) is 0 Å². The summed E-state index contributed by atoms with van der Waals surface area (Å²) in [5.74, 6) is 1.47. The van der Waals surface area contributed by atoms with Crippen LogP contribution in [0.3, 0.4) is 0 Å². The summed E-state index contributed by atoms with van der Waals surface area (Å²) < 4.78 is 0. The Morgan fingerprint density at radius 2 is 2.20 bits per heavy atom. The van der Waals surface area contributed by atoms with Crippen LogP contribution in [0, 0.1) is 11.8 Å². The van der Waals surface area contributed by atoms with Crippen molar-refractivity contribution in [1.82, 2.24) is 0 Å². The third-order valence-corrected chi connectivity index (χ3v) is 4.09. The summed E-state index contributed by atoms with van der Waals surface area (Å²) in [6.45, 7) is 8.11. The lowest BCUT2D eigenvalue weighted by Gasteiger charge is -2.17. The van der Waals surface area contributed by atoms with Gasteiger partial charge in [0.25, 0.3) is 0 Å². The van der Waals surface area contributed by atoms with Crippen molar-refractivity contribution in [1.29, 1.82) is 0 Å². The van der Waals surface area contributed by atoms with Gasteiger partial charge in [-0.05, 0) is 56.9 Å². The van der Waals surface area contributed by atoms with E-state index in [0.29, 0.717) is 24.0 Å². The fourth-order valence-electron chi connectivity index (χ4n) is 3.03. The molecule has 0 spiro atoms. The molecule has 2 unspecified atom stereocenters. The van der Waals surface area contributed by atoms with Crippen LogP contribution in [0.4, 0.5) is 0 Å². The molecule has 1 nitrogen and oxygen atoms in total. The molecular weight excluding hydrogens is 184 g/mol. The van der Waals surface area contributed by atoms with Gasteiger partial charge < -0.3 is 0 Å². The summed E-state index contributed by atoms with van der Waals surface area (Å²) in [7, 11) is 0. The highest BCUT2D eigenvalue weighted by Crippen LogP contribution is 2.42. The van der Waals surface area contributed by atoms with Crippen molar-refractivity contribution < 1.29 is 4.79 Å². The summed E-state index contributed by atoms with van der Waals surface area (Å²) in [6.07, 6.45) is 5.57. The fourth-order valence-corrected chi connectivity index (χ4v) is 3.03. The van der Waals surface area contributed by atoms with Crippen LogP contribution in [0.15, 0.2) is 23.3 Å². The van der Waals surface area contributed by atoms with E-state index >= 15 is 0 Å². The molecule has 1 fully saturated rings. The van der Waals surface area contributed by atoms with Crippen molar-refractivity contribution in [2.45, 2.75) is 46.0 Å². The zero-order valence-corrected chi connectivity index (χ0v) is 9.81. The molecule has 0 aromatic heterocycles. The van der Waals surface area contributed by atoms with Gasteiger partial charge in [0.05, 0.1) is 0 Å². The van der Waals surface area contributed by atoms with Crippen LogP contribution in [0.25, 0.3) is 0 Å². The first-order valence-electron chi connectivity index (χ1n) is 5.98. The number of ketones is 1. The Hall–Kier alpha value is -0.850. The molecule has 0 N–H and O–H groups in total. The van der Waals surface area contributed by atoms with Crippen LogP contribution in [-0.2, 0) is 4.79 Å². The minimum atomic E-state index is 0.363. The summed E-state index contributed by atoms with van der Waals surface area (Å²) in [4.78, 5) is 12.0. The van der Waals surface area contributed by atoms with Crippen LogP contribution in [-0.4, -0.2) is 5.78 Å². The zero-order valence-electron chi connectivity index (χ0n) is 9.81. The number of Topliss-reactive ketones (excluding diaryl/α,β-unsaturated/α-hetero) is 1. The van der Waals surface area contributed by atoms with Crippen molar-refractivity contribution >= 4 is 5.78 Å². The molecule has 15 heavy (non-hydrogen) atoms. The Balaban J connectivity index is 2.29. The number of allylic oxidation sites excluding steroid dienone is 3. The Labute approximate surface area is 92.3 Å². The predicted octanol–water partition coefficient (Wildman–Crippen LogP) is 3.66. The molecule has 0 radical (unpaired) electrons. The van der Waals surface area contributed by atoms with E-state index in [4.69, 9.17) is 0 Å². The maximum Gasteiger partial charge on any atom is 0.159 e. The summed E-state index contributed by atoms with van der Waals surface area (Å²) in [6, 6.07) is 0. The van der Waals surface area contributed by atoms with Gasteiger partial charge in [0, 0.05) is 6.42 Å². The monoisotopic (exact) mass is 204 g/mol. The quantitative estimate of drug-likeness (QED) is 0.596. The predicted molar refractivity (Wildman–Crippen MR) is 62.6 cm³/mol. The largest absolute Gasteiger partial charge is 0.295 e. The Kier molecular flexibility index (Phi) is 2.81. The molecule has 0 aromatic rings. The van der Waals surface area contributed by atoms with Crippen LogP contribution in [0.5, 0.6) is 0 Å². The highest BCUT2D eigenvalue weighted by Gasteiger charge is 2.32. The van der Waals surface area contributed by atoms with Crippen LogP contribution < -0.4 is 0 Å². The van der Waals surface area contributed by atoms with Crippen molar-refractivity contribution in [2.24, 2.45) is 11.8 Å². The van der Waals surface area contributed by atoms with E-state index in [1.165, 1.54) is 24.0 Å². The van der Waals surface area contributed by atoms with E-state index in [1.807, 2.05) is 6.92 Å². The van der Waals surface area contributed by atoms with E-state index in [0.717, 1.165) is 18.4 Å². The molecule has 0 aliphatic heterocycles. The third-order valence-electron chi connectivity index (χ3n) is 4.09. The fraction of sp³-hybridized carbons (Fsp3) is 0.643. The average Bonchev–Trinajstić information content (AvgIpc) is 2.59. The summed E-state index contributed by atoms with van der Waals surface area (Å²) >= 11 is 0. The molecule has 0 amide bonds. The normalized spacial score (nSPS) is 31.5. The number of carbonyl (C=O) groups is 1. The van der Waals surface area contributed by atoms with E-state index < -0.39 is 0 Å². The summed E-state index contributed by atoms with van der Waals surface area (Å²) in [5, 5.41) is 0. The first kappa shape index (κ1) is 10.7. The lowest BCUT2D eigenvalue weighted by Crippen LogP contribution is -2.09. The molecule has 1 heteroatoms. The van der Waals surface area contributed by atoms with E-state index in [2.05, 4.69) is 13.5 Å². The van der Waals surface area contributed by atoms with Crippen LogP contribution in [0.1, 0.15) is 46.0 Å². The van der Waals surface area contributed by atoms with Gasteiger partial charge >= 0.3 is 0 Å². The highest BCUT2D eigenvalue weighted by molar-refractivity contribution is 5.96. The minimum Gasteiger partial charge on any atom is -0.295 e. The molecule has 2 aliphatic rings. The second-order valence-corrected chi connectivity index (χ2v) is 5.15. The Bertz CT molecular complexity index is 335. The van der Waals surface area contributed by atoms with Gasteiger partial charge in [-0.1, -0.05) is 17.7 Å². The number of hydrogen-bond acceptors (Lipinski definition) is 1. The molecule has 0 heterocycles. The third kappa shape index (κ3) is 1.92. The Morgan fingerprint density at radius 1 is 1.47 bits per heavy atom. The van der Waals surface area contributed by atoms with Crippen LogP contribution in [0.2, 0.25) is 0 Å². The standard InChI is InChI=1S/C14H20O/c1-9(2)12-7-11-5-4-6-13(11)10(3)14(15)8-12/h11-12H,1,4-8H2,2-3H3. The number of hydrogen-bond donors (Lipinski definition) is 0. The molecule has 2 aliphatic carbocycles. The lowest BCUT2D eigenvalue weighted by molar-refractivity contribution is -0.116. The molecule has 2 atom stereocenters. The number of rotatable bonds is 1. The van der Waals surface area contributed by atoms with Crippen molar-refractivity contribution in [3.05, 3.63) is 23.3 Å². The molecule has 2 rings (SSSR count). The van der Waals surface area contributed by atoms with Gasteiger partial charge in [-0.25, -0.2) is 0 Å². The maximum atomic E-state index is 12.0. The van der Waals surface area contributed by atoms with Gasteiger partial charge in [0.15, 0.2) is 5.78 Å². The second kappa shape index (κ2) is 3.96. The zero-order chi connectivity index (χ0) is 11.0. The molecule has 1 saturated carbocycles. The van der Waals surface area contributed by atoms with Crippen molar-refractivity contribution in [3.63, 3.8) is 0 Å². The molecule has 82 valence electrons. The SMILES string of the molecule is C=C(C)C1CC(=O)C(C)=C2CCCC2C1. The van der Waals surface area contributed by atoms with Gasteiger partial charge in [-0.2, -0.15) is 0 Å². The van der Waals surface area contributed by atoms with Gasteiger partial charge in [-0.15, -0.1) is 0 Å². The van der Waals surface area contributed by atoms with E-state index in [-0.39, 0.29) is 0 Å². The first-order valence-corrected chi connectivity index (χ1v) is 5.98. The Morgan fingerprint density at radius 3 is 2.87 bits per heavy atom. The number of fused-ring (bicyclic) bond motifs is 1. The van der Waals surface area contributed by atoms with E-state index in [9.17, 15) is 4.79 Å². The van der Waals surface area contributed by atoms with Gasteiger partial charge in [0.2, 0.25) is 0 Å². The van der Waals surface area contributed by atoms with E-state index in [1.54, 1.807) is 0 Å². The highest BCUT2D eigenvalue weighted by atomic mass is 16.1. The maximum absolute atomic E-state index is 12.0. The molecule has 0 saturated heterocycles. The molecule has 0 bridgehead atoms. The summed E-state index contributed by atoms with van der Waals surface area (Å²) in [5.41, 5.74) is 3.72. The topological polar surface area (TPSA) is 17.1 Å². The molecule has 0 aromatic carbocycles. The van der Waals surface area contributed by atoms with Crippen molar-refractivity contribution in [2.75, 3.05) is 0 Å². The first-order chi connectivity index (χ1) is 7.09. The minimum absolute atomic E-state index is 0.363.